The van der Waals surface area contributed by atoms with Crippen molar-refractivity contribution in [2.75, 3.05) is 33.7 Å². The molecule has 0 aromatic carbocycles. The molecule has 2 unspecified atom stereocenters. The van der Waals surface area contributed by atoms with Crippen molar-refractivity contribution in [3.05, 3.63) is 0 Å². The highest BCUT2D eigenvalue weighted by Gasteiger charge is 2.35. The zero-order valence-electron chi connectivity index (χ0n) is 13.1. The second kappa shape index (κ2) is 7.05. The summed E-state index contributed by atoms with van der Waals surface area (Å²) in [5.74, 6) is 1.79. The van der Waals surface area contributed by atoms with Crippen LogP contribution in [0.25, 0.3) is 0 Å². The number of nitrogens with zero attached hydrogens (tertiary/aromatic N) is 2. The lowest BCUT2D eigenvalue weighted by atomic mass is 9.78. The van der Waals surface area contributed by atoms with Crippen molar-refractivity contribution in [3.8, 4) is 0 Å². The molecule has 2 atom stereocenters. The molecule has 0 radical (unpaired) electrons. The highest BCUT2D eigenvalue weighted by atomic mass is 15.2. The predicted molar refractivity (Wildman–Crippen MR) is 82.2 cm³/mol. The Kier molecular flexibility index (Phi) is 5.67. The van der Waals surface area contributed by atoms with Gasteiger partial charge in [0.05, 0.1) is 0 Å². The van der Waals surface area contributed by atoms with Gasteiger partial charge in [0.15, 0.2) is 0 Å². The Morgan fingerprint density at radius 2 is 1.84 bits per heavy atom. The first-order valence-corrected chi connectivity index (χ1v) is 8.22. The zero-order chi connectivity index (χ0) is 13.8. The Bertz CT molecular complexity index is 259. The van der Waals surface area contributed by atoms with E-state index in [0.717, 1.165) is 24.4 Å². The summed E-state index contributed by atoms with van der Waals surface area (Å²) in [5, 5.41) is 0. The van der Waals surface area contributed by atoms with Gasteiger partial charge in [-0.25, -0.2) is 0 Å². The number of likely N-dealkylation sites (tertiary alicyclic amines) is 1. The van der Waals surface area contributed by atoms with Crippen LogP contribution >= 0.6 is 0 Å². The number of hydrogen-bond donors (Lipinski definition) is 1. The van der Waals surface area contributed by atoms with Crippen LogP contribution in [-0.4, -0.2) is 55.6 Å². The van der Waals surface area contributed by atoms with E-state index in [1.807, 2.05) is 0 Å². The molecule has 2 aliphatic rings. The molecule has 112 valence electrons. The van der Waals surface area contributed by atoms with E-state index < -0.39 is 0 Å². The zero-order valence-corrected chi connectivity index (χ0v) is 13.1. The van der Waals surface area contributed by atoms with Gasteiger partial charge < -0.3 is 10.6 Å². The Morgan fingerprint density at radius 1 is 1.16 bits per heavy atom. The number of hydrogen-bond acceptors (Lipinski definition) is 3. The molecule has 19 heavy (non-hydrogen) atoms. The summed E-state index contributed by atoms with van der Waals surface area (Å²) in [6, 6.07) is 1.38. The van der Waals surface area contributed by atoms with E-state index in [1.54, 1.807) is 0 Å². The van der Waals surface area contributed by atoms with Crippen LogP contribution in [0.1, 0.15) is 45.4 Å². The lowest BCUT2D eigenvalue weighted by Crippen LogP contribution is -2.51. The van der Waals surface area contributed by atoms with E-state index in [1.165, 1.54) is 51.6 Å². The topological polar surface area (TPSA) is 32.5 Å². The van der Waals surface area contributed by atoms with E-state index in [0.29, 0.717) is 6.04 Å². The Hall–Kier alpha value is -0.120. The van der Waals surface area contributed by atoms with E-state index in [-0.39, 0.29) is 0 Å². The van der Waals surface area contributed by atoms with Crippen LogP contribution < -0.4 is 5.73 Å². The smallest absolute Gasteiger partial charge is 0.0250 e. The van der Waals surface area contributed by atoms with Gasteiger partial charge in [-0.2, -0.15) is 0 Å². The van der Waals surface area contributed by atoms with Crippen molar-refractivity contribution in [1.82, 2.24) is 9.80 Å². The molecule has 2 rings (SSSR count). The largest absolute Gasteiger partial charge is 0.329 e. The molecule has 3 heteroatoms. The molecule has 2 N–H and O–H groups in total. The summed E-state index contributed by atoms with van der Waals surface area (Å²) in [5.41, 5.74) is 6.16. The quantitative estimate of drug-likeness (QED) is 0.828. The van der Waals surface area contributed by atoms with Gasteiger partial charge in [-0.3, -0.25) is 4.90 Å². The first-order chi connectivity index (χ1) is 9.11. The summed E-state index contributed by atoms with van der Waals surface area (Å²) < 4.78 is 0. The first kappa shape index (κ1) is 15.3. The van der Waals surface area contributed by atoms with E-state index in [4.69, 9.17) is 5.73 Å². The summed E-state index contributed by atoms with van der Waals surface area (Å²) in [7, 11) is 4.38. The predicted octanol–water partition coefficient (Wildman–Crippen LogP) is 2.17. The van der Waals surface area contributed by atoms with Crippen molar-refractivity contribution < 1.29 is 0 Å². The molecule has 0 amide bonds. The van der Waals surface area contributed by atoms with Gasteiger partial charge in [0, 0.05) is 25.2 Å². The molecular weight excluding hydrogens is 234 g/mol. The minimum Gasteiger partial charge on any atom is -0.329 e. The molecule has 1 heterocycles. The molecule has 0 spiro atoms. The third kappa shape index (κ3) is 3.93. The van der Waals surface area contributed by atoms with Crippen molar-refractivity contribution in [3.63, 3.8) is 0 Å². The monoisotopic (exact) mass is 267 g/mol. The first-order valence-electron chi connectivity index (χ1n) is 8.22. The molecular formula is C16H33N3. The second-order valence-electron chi connectivity index (χ2n) is 7.12. The molecule has 0 aromatic rings. The van der Waals surface area contributed by atoms with Gasteiger partial charge in [0.25, 0.3) is 0 Å². The van der Waals surface area contributed by atoms with Crippen LogP contribution in [0.5, 0.6) is 0 Å². The minimum absolute atomic E-state index is 0.639. The van der Waals surface area contributed by atoms with E-state index >= 15 is 0 Å². The minimum atomic E-state index is 0.639. The van der Waals surface area contributed by atoms with Gasteiger partial charge in [-0.05, 0) is 58.2 Å². The maximum absolute atomic E-state index is 6.16. The van der Waals surface area contributed by atoms with Crippen LogP contribution in [0.15, 0.2) is 0 Å². The fourth-order valence-corrected chi connectivity index (χ4v) is 4.18. The molecule has 2 fully saturated rings. The van der Waals surface area contributed by atoms with Gasteiger partial charge >= 0.3 is 0 Å². The second-order valence-corrected chi connectivity index (χ2v) is 7.12. The molecule has 0 aromatic heterocycles. The highest BCUT2D eigenvalue weighted by Crippen LogP contribution is 2.34. The summed E-state index contributed by atoms with van der Waals surface area (Å²) in [6.45, 7) is 5.72. The van der Waals surface area contributed by atoms with Crippen molar-refractivity contribution in [1.29, 1.82) is 0 Å². The lowest BCUT2D eigenvalue weighted by molar-refractivity contribution is 0.0891. The average molecular weight is 267 g/mol. The van der Waals surface area contributed by atoms with Crippen LogP contribution in [0, 0.1) is 11.8 Å². The standard InChI is InChI=1S/C16H33N3/c1-13-6-8-14(9-7-13)16(11-17)19-10-4-5-15(19)12-18(2)3/h13-16H,4-12,17H2,1-3H3. The Labute approximate surface area is 119 Å². The Morgan fingerprint density at radius 3 is 2.42 bits per heavy atom. The van der Waals surface area contributed by atoms with E-state index in [9.17, 15) is 0 Å². The maximum atomic E-state index is 6.16. The van der Waals surface area contributed by atoms with Gasteiger partial charge in [-0.1, -0.05) is 19.8 Å². The fourth-order valence-electron chi connectivity index (χ4n) is 4.18. The van der Waals surface area contributed by atoms with Crippen LogP contribution in [0.3, 0.4) is 0 Å². The lowest BCUT2D eigenvalue weighted by Gasteiger charge is -2.41. The molecule has 3 nitrogen and oxygen atoms in total. The fraction of sp³-hybridized carbons (Fsp3) is 1.00. The van der Waals surface area contributed by atoms with Crippen molar-refractivity contribution in [2.24, 2.45) is 17.6 Å². The van der Waals surface area contributed by atoms with Crippen molar-refractivity contribution >= 4 is 0 Å². The maximum Gasteiger partial charge on any atom is 0.0250 e. The highest BCUT2D eigenvalue weighted by molar-refractivity contribution is 4.91. The third-order valence-electron chi connectivity index (χ3n) is 5.27. The molecule has 1 saturated carbocycles. The summed E-state index contributed by atoms with van der Waals surface area (Å²) in [6.07, 6.45) is 8.33. The normalized spacial score (nSPS) is 34.9. The summed E-state index contributed by atoms with van der Waals surface area (Å²) >= 11 is 0. The van der Waals surface area contributed by atoms with Gasteiger partial charge in [0.2, 0.25) is 0 Å². The molecule has 1 saturated heterocycles. The van der Waals surface area contributed by atoms with Gasteiger partial charge in [-0.15, -0.1) is 0 Å². The van der Waals surface area contributed by atoms with Crippen LogP contribution in [0.4, 0.5) is 0 Å². The van der Waals surface area contributed by atoms with E-state index in [2.05, 4.69) is 30.8 Å². The average Bonchev–Trinajstić information content (AvgIpc) is 2.80. The van der Waals surface area contributed by atoms with Crippen LogP contribution in [0.2, 0.25) is 0 Å². The Balaban J connectivity index is 1.95. The van der Waals surface area contributed by atoms with Gasteiger partial charge in [0.1, 0.15) is 0 Å². The third-order valence-corrected chi connectivity index (χ3v) is 5.27. The molecule has 1 aliphatic heterocycles. The van der Waals surface area contributed by atoms with Crippen LogP contribution in [-0.2, 0) is 0 Å². The number of likely N-dealkylation sites (N-methyl/N-ethyl adjacent to an activating group) is 1. The van der Waals surface area contributed by atoms with Crippen molar-refractivity contribution in [2.45, 2.75) is 57.5 Å². The number of rotatable bonds is 5. The number of nitrogens with two attached hydrogens (primary N) is 1. The molecule has 1 aliphatic carbocycles. The summed E-state index contributed by atoms with van der Waals surface area (Å²) in [4.78, 5) is 5.08. The molecule has 0 bridgehead atoms. The SMILES string of the molecule is CC1CCC(C(CN)N2CCCC2CN(C)C)CC1.